The molecule has 3 heterocycles. The van der Waals surface area contributed by atoms with Crippen molar-refractivity contribution < 1.29 is 13.9 Å². The third-order valence-electron chi connectivity index (χ3n) is 5.35. The van der Waals surface area contributed by atoms with Crippen LogP contribution >= 0.6 is 35.3 Å². The fourth-order valence-corrected chi connectivity index (χ4v) is 5.77. The maximum Gasteiger partial charge on any atom is 0.278 e. The first kappa shape index (κ1) is 25.0. The first-order valence-corrected chi connectivity index (χ1v) is 13.6. The molecule has 0 spiro atoms. The minimum Gasteiger partial charge on any atom is -0.494 e. The van der Waals surface area contributed by atoms with Gasteiger partial charge in [0.1, 0.15) is 16.2 Å². The van der Waals surface area contributed by atoms with Crippen molar-refractivity contribution in [3.63, 3.8) is 0 Å². The molecule has 0 aliphatic carbocycles. The van der Waals surface area contributed by atoms with E-state index in [1.807, 2.05) is 43.3 Å². The summed E-state index contributed by atoms with van der Waals surface area (Å²) in [4.78, 5) is 31.2. The number of thiazole rings is 1. The Morgan fingerprint density at radius 2 is 1.92 bits per heavy atom. The summed E-state index contributed by atoms with van der Waals surface area (Å²) in [5.41, 5.74) is 1.55. The zero-order valence-corrected chi connectivity index (χ0v) is 22.2. The van der Waals surface area contributed by atoms with Crippen molar-refractivity contribution in [1.29, 1.82) is 0 Å². The Balaban J connectivity index is 1.47. The largest absolute Gasteiger partial charge is 0.494 e. The number of para-hydroxylation sites is 1. The highest BCUT2D eigenvalue weighted by atomic mass is 32.2. The average molecular weight is 551 g/mol. The smallest absolute Gasteiger partial charge is 0.278 e. The molecule has 0 saturated carbocycles. The van der Waals surface area contributed by atoms with Gasteiger partial charge in [-0.25, -0.2) is 4.98 Å². The van der Waals surface area contributed by atoms with Gasteiger partial charge in [-0.3, -0.25) is 18.7 Å². The Bertz CT molecular complexity index is 1640. The van der Waals surface area contributed by atoms with E-state index in [1.165, 1.54) is 27.7 Å². The van der Waals surface area contributed by atoms with E-state index < -0.39 is 0 Å². The van der Waals surface area contributed by atoms with Crippen LogP contribution in [0, 0.1) is 3.95 Å². The summed E-state index contributed by atoms with van der Waals surface area (Å²) in [6.07, 6.45) is 1.59. The fourth-order valence-electron chi connectivity index (χ4n) is 3.70. The summed E-state index contributed by atoms with van der Waals surface area (Å²) >= 11 is 7.97. The molecule has 0 aliphatic rings. The lowest BCUT2D eigenvalue weighted by Gasteiger charge is -2.13. The monoisotopic (exact) mass is 550 g/mol. The van der Waals surface area contributed by atoms with Gasteiger partial charge in [-0.1, -0.05) is 41.3 Å². The molecule has 0 aliphatic heterocycles. The van der Waals surface area contributed by atoms with Crippen LogP contribution in [-0.4, -0.2) is 32.4 Å². The van der Waals surface area contributed by atoms with E-state index in [1.54, 1.807) is 41.2 Å². The maximum absolute atomic E-state index is 13.7. The van der Waals surface area contributed by atoms with E-state index in [0.717, 1.165) is 5.75 Å². The van der Waals surface area contributed by atoms with Crippen LogP contribution in [0.25, 0.3) is 16.0 Å². The molecule has 0 fully saturated rings. The molecule has 2 aromatic carbocycles. The number of nitrogens with one attached hydrogen (secondary N) is 1. The number of anilines is 1. The van der Waals surface area contributed by atoms with Gasteiger partial charge in [0, 0.05) is 5.69 Å². The van der Waals surface area contributed by atoms with Crippen molar-refractivity contribution in [2.24, 2.45) is 0 Å². The molecular formula is C26H22N4O4S3. The zero-order chi connectivity index (χ0) is 25.8. The molecule has 0 atom stereocenters. The number of benzene rings is 2. The van der Waals surface area contributed by atoms with Crippen LogP contribution in [0.5, 0.6) is 5.75 Å². The molecule has 37 heavy (non-hydrogen) atoms. The molecule has 188 valence electrons. The molecule has 1 amide bonds. The maximum atomic E-state index is 13.7. The predicted octanol–water partition coefficient (Wildman–Crippen LogP) is 5.75. The van der Waals surface area contributed by atoms with E-state index in [2.05, 4.69) is 5.32 Å². The van der Waals surface area contributed by atoms with E-state index in [4.69, 9.17) is 26.4 Å². The molecular weight excluding hydrogens is 529 g/mol. The fraction of sp³-hybridized carbons (Fsp3) is 0.154. The first-order chi connectivity index (χ1) is 18.0. The van der Waals surface area contributed by atoms with Crippen LogP contribution in [0.3, 0.4) is 0 Å². The van der Waals surface area contributed by atoms with Crippen LogP contribution in [0.15, 0.2) is 87.4 Å². The number of nitrogens with zero attached hydrogens (tertiary/aromatic N) is 3. The second-order valence-corrected chi connectivity index (χ2v) is 10.4. The number of hydrogen-bond donors (Lipinski definition) is 1. The number of carbonyl (C=O) groups excluding carboxylic acids is 1. The molecule has 5 rings (SSSR count). The average Bonchev–Trinajstić information content (AvgIpc) is 3.53. The Labute approximate surface area is 225 Å². The summed E-state index contributed by atoms with van der Waals surface area (Å²) in [5, 5.41) is 3.27. The number of furan rings is 1. The van der Waals surface area contributed by atoms with Crippen molar-refractivity contribution in [3.05, 3.63) is 93.1 Å². The van der Waals surface area contributed by atoms with Crippen molar-refractivity contribution in [3.8, 4) is 11.4 Å². The number of aromatic nitrogens is 3. The molecule has 0 bridgehead atoms. The van der Waals surface area contributed by atoms with Crippen LogP contribution in [0.4, 0.5) is 5.69 Å². The number of amides is 1. The third-order valence-corrected chi connectivity index (χ3v) is 7.71. The van der Waals surface area contributed by atoms with Gasteiger partial charge in [-0.05, 0) is 67.7 Å². The van der Waals surface area contributed by atoms with Gasteiger partial charge in [0.25, 0.3) is 5.56 Å². The van der Waals surface area contributed by atoms with E-state index in [0.29, 0.717) is 49.7 Å². The minimum atomic E-state index is -0.236. The standard InChI is InChI=1S/C26H22N4O4S3/c1-2-33-19-12-10-17(11-13-19)27-21(31)16-36-25-28-23-22(24(32)30(25)18-7-4-3-5-8-18)37-26(35)29(23)15-20-9-6-14-34-20/h3-14H,2,15-16H2,1H3,(H,27,31). The van der Waals surface area contributed by atoms with Gasteiger partial charge in [-0.2, -0.15) is 0 Å². The zero-order valence-electron chi connectivity index (χ0n) is 19.7. The molecule has 8 nitrogen and oxygen atoms in total. The van der Waals surface area contributed by atoms with Gasteiger partial charge in [0.15, 0.2) is 14.8 Å². The number of rotatable bonds is 9. The lowest BCUT2D eigenvalue weighted by Crippen LogP contribution is -2.23. The lowest BCUT2D eigenvalue weighted by molar-refractivity contribution is -0.113. The molecule has 5 aromatic rings. The third kappa shape index (κ3) is 5.53. The normalized spacial score (nSPS) is 11.1. The highest BCUT2D eigenvalue weighted by molar-refractivity contribution is 7.99. The number of carbonyl (C=O) groups is 1. The Morgan fingerprint density at radius 3 is 2.62 bits per heavy atom. The molecule has 0 radical (unpaired) electrons. The predicted molar refractivity (Wildman–Crippen MR) is 149 cm³/mol. The highest BCUT2D eigenvalue weighted by Gasteiger charge is 2.19. The van der Waals surface area contributed by atoms with Crippen molar-refractivity contribution in [1.82, 2.24) is 14.1 Å². The molecule has 0 saturated heterocycles. The van der Waals surface area contributed by atoms with Gasteiger partial charge in [0.2, 0.25) is 5.91 Å². The van der Waals surface area contributed by atoms with Crippen LogP contribution in [-0.2, 0) is 11.3 Å². The number of ether oxygens (including phenoxy) is 1. The van der Waals surface area contributed by atoms with E-state index in [-0.39, 0.29) is 17.2 Å². The summed E-state index contributed by atoms with van der Waals surface area (Å²) in [6, 6.07) is 20.1. The Morgan fingerprint density at radius 1 is 1.14 bits per heavy atom. The van der Waals surface area contributed by atoms with Gasteiger partial charge < -0.3 is 14.5 Å². The second kappa shape index (κ2) is 11.2. The molecule has 1 N–H and O–H groups in total. The summed E-state index contributed by atoms with van der Waals surface area (Å²) in [7, 11) is 0. The highest BCUT2D eigenvalue weighted by Crippen LogP contribution is 2.26. The van der Waals surface area contributed by atoms with Crippen molar-refractivity contribution in [2.45, 2.75) is 18.6 Å². The SMILES string of the molecule is CCOc1ccc(NC(=O)CSc2nc3c(sc(=S)n3Cc3ccco3)c(=O)n2-c2ccccc2)cc1. The van der Waals surface area contributed by atoms with Crippen LogP contribution in [0.1, 0.15) is 12.7 Å². The summed E-state index contributed by atoms with van der Waals surface area (Å²) in [6.45, 7) is 2.84. The summed E-state index contributed by atoms with van der Waals surface area (Å²) in [5.74, 6) is 1.27. The van der Waals surface area contributed by atoms with Crippen molar-refractivity contribution >= 4 is 57.3 Å². The Kier molecular flexibility index (Phi) is 7.54. The summed E-state index contributed by atoms with van der Waals surface area (Å²) < 4.78 is 15.2. The number of thioether (sulfide) groups is 1. The lowest BCUT2D eigenvalue weighted by atomic mass is 10.3. The Hall–Kier alpha value is -3.67. The molecule has 11 heteroatoms. The number of fused-ring (bicyclic) bond motifs is 1. The van der Waals surface area contributed by atoms with E-state index >= 15 is 0 Å². The minimum absolute atomic E-state index is 0.0566. The number of hydrogen-bond acceptors (Lipinski definition) is 8. The quantitative estimate of drug-likeness (QED) is 0.142. The first-order valence-electron chi connectivity index (χ1n) is 11.4. The van der Waals surface area contributed by atoms with Crippen molar-refractivity contribution in [2.75, 3.05) is 17.7 Å². The molecule has 3 aromatic heterocycles. The van der Waals surface area contributed by atoms with Crippen LogP contribution in [0.2, 0.25) is 0 Å². The topological polar surface area (TPSA) is 91.3 Å². The van der Waals surface area contributed by atoms with Crippen LogP contribution < -0.4 is 15.6 Å². The van der Waals surface area contributed by atoms with E-state index in [9.17, 15) is 9.59 Å². The second-order valence-electron chi connectivity index (χ2n) is 7.85. The molecule has 0 unspecified atom stereocenters. The van der Waals surface area contributed by atoms with Gasteiger partial charge in [0.05, 0.1) is 30.9 Å². The van der Waals surface area contributed by atoms with Gasteiger partial charge in [-0.15, -0.1) is 0 Å². The van der Waals surface area contributed by atoms with Gasteiger partial charge >= 0.3 is 0 Å².